The average Bonchev–Trinajstić information content (AvgIpc) is 2.87. The van der Waals surface area contributed by atoms with Crippen molar-refractivity contribution in [1.29, 1.82) is 0 Å². The summed E-state index contributed by atoms with van der Waals surface area (Å²) < 4.78 is 6.02. The second-order valence-electron chi connectivity index (χ2n) is 5.98. The van der Waals surface area contributed by atoms with E-state index in [1.807, 2.05) is 6.07 Å². The molecule has 0 radical (unpaired) electrons. The minimum absolute atomic E-state index is 0.274. The lowest BCUT2D eigenvalue weighted by molar-refractivity contribution is 0.208. The molecule has 0 amide bonds. The van der Waals surface area contributed by atoms with Gasteiger partial charge < -0.3 is 15.0 Å². The van der Waals surface area contributed by atoms with Crippen LogP contribution in [0.15, 0.2) is 18.2 Å². The topological polar surface area (TPSA) is 24.5 Å². The van der Waals surface area contributed by atoms with Gasteiger partial charge in [-0.15, -0.1) is 0 Å². The van der Waals surface area contributed by atoms with Crippen LogP contribution in [0.3, 0.4) is 0 Å². The number of likely N-dealkylation sites (tertiary alicyclic amines) is 1. The van der Waals surface area contributed by atoms with Crippen LogP contribution in [-0.4, -0.2) is 37.7 Å². The van der Waals surface area contributed by atoms with Gasteiger partial charge in [0.25, 0.3) is 0 Å². The molecule has 1 aromatic carbocycles. The van der Waals surface area contributed by atoms with E-state index in [-0.39, 0.29) is 6.10 Å². The van der Waals surface area contributed by atoms with E-state index >= 15 is 0 Å². The number of hydrogen-bond donors (Lipinski definition) is 1. The van der Waals surface area contributed by atoms with Gasteiger partial charge in [0.15, 0.2) is 0 Å². The molecule has 20 heavy (non-hydrogen) atoms. The maximum absolute atomic E-state index is 6.40. The first-order chi connectivity index (χ1) is 9.72. The zero-order valence-electron chi connectivity index (χ0n) is 12.1. The van der Waals surface area contributed by atoms with Crippen LogP contribution in [0.5, 0.6) is 5.75 Å². The van der Waals surface area contributed by atoms with Crippen molar-refractivity contribution in [2.75, 3.05) is 26.7 Å². The lowest BCUT2D eigenvalue weighted by Crippen LogP contribution is -2.26. The molecule has 2 unspecified atom stereocenters. The summed E-state index contributed by atoms with van der Waals surface area (Å²) in [5.41, 5.74) is 1.28. The monoisotopic (exact) mass is 294 g/mol. The summed E-state index contributed by atoms with van der Waals surface area (Å²) in [6.45, 7) is 3.20. The van der Waals surface area contributed by atoms with Crippen molar-refractivity contribution < 1.29 is 4.74 Å². The van der Waals surface area contributed by atoms with Crippen molar-refractivity contribution in [2.24, 2.45) is 0 Å². The first kappa shape index (κ1) is 14.2. The summed E-state index contributed by atoms with van der Waals surface area (Å²) in [6.07, 6.45) is 5.13. The van der Waals surface area contributed by atoms with Crippen molar-refractivity contribution in [3.05, 3.63) is 28.8 Å². The minimum atomic E-state index is 0.274. The van der Waals surface area contributed by atoms with Gasteiger partial charge in [-0.25, -0.2) is 0 Å². The van der Waals surface area contributed by atoms with Gasteiger partial charge in [-0.2, -0.15) is 0 Å². The number of ether oxygens (including phenoxy) is 1. The van der Waals surface area contributed by atoms with Crippen molar-refractivity contribution in [3.8, 4) is 5.75 Å². The van der Waals surface area contributed by atoms with E-state index < -0.39 is 0 Å². The number of halogens is 1. The molecule has 2 fully saturated rings. The Hall–Kier alpha value is -0.770. The Morgan fingerprint density at radius 1 is 1.30 bits per heavy atom. The molecule has 2 aliphatic heterocycles. The minimum Gasteiger partial charge on any atom is -0.487 e. The van der Waals surface area contributed by atoms with Crippen LogP contribution in [-0.2, 0) is 0 Å². The molecule has 110 valence electrons. The quantitative estimate of drug-likeness (QED) is 0.926. The molecular weight excluding hydrogens is 272 g/mol. The van der Waals surface area contributed by atoms with E-state index in [2.05, 4.69) is 29.4 Å². The largest absolute Gasteiger partial charge is 0.487 e. The molecular formula is C16H23ClN2O. The molecule has 0 saturated carbocycles. The Balaban J connectivity index is 1.67. The van der Waals surface area contributed by atoms with Crippen molar-refractivity contribution in [2.45, 2.75) is 37.8 Å². The molecule has 2 heterocycles. The van der Waals surface area contributed by atoms with Gasteiger partial charge in [-0.1, -0.05) is 24.1 Å². The number of likely N-dealkylation sites (N-methyl/N-ethyl adjacent to an activating group) is 1. The van der Waals surface area contributed by atoms with Gasteiger partial charge in [0.2, 0.25) is 0 Å². The number of hydrogen-bond acceptors (Lipinski definition) is 3. The summed E-state index contributed by atoms with van der Waals surface area (Å²) in [7, 11) is 2.13. The van der Waals surface area contributed by atoms with Crippen molar-refractivity contribution in [1.82, 2.24) is 10.2 Å². The molecule has 2 aliphatic rings. The predicted molar refractivity (Wildman–Crippen MR) is 82.6 cm³/mol. The van der Waals surface area contributed by atoms with E-state index in [0.717, 1.165) is 36.8 Å². The zero-order valence-corrected chi connectivity index (χ0v) is 12.8. The molecule has 2 saturated heterocycles. The Morgan fingerprint density at radius 3 is 2.85 bits per heavy atom. The third-order valence-corrected chi connectivity index (χ3v) is 4.61. The highest BCUT2D eigenvalue weighted by molar-refractivity contribution is 6.32. The summed E-state index contributed by atoms with van der Waals surface area (Å²) >= 11 is 6.40. The Kier molecular flexibility index (Phi) is 4.49. The van der Waals surface area contributed by atoms with E-state index in [4.69, 9.17) is 16.3 Å². The number of rotatable bonds is 3. The van der Waals surface area contributed by atoms with Crippen LogP contribution in [0.4, 0.5) is 0 Å². The number of benzene rings is 1. The van der Waals surface area contributed by atoms with Crippen LogP contribution >= 0.6 is 11.6 Å². The highest BCUT2D eigenvalue weighted by Crippen LogP contribution is 2.32. The standard InChI is InChI=1S/C16H23ClN2O/c1-19-9-7-13(11-19)20-16-6-5-12(10-14(16)17)15-4-2-3-8-18-15/h5-6,10,13,15,18H,2-4,7-9,11H2,1H3. The Morgan fingerprint density at radius 2 is 2.20 bits per heavy atom. The highest BCUT2D eigenvalue weighted by Gasteiger charge is 2.22. The van der Waals surface area contributed by atoms with Gasteiger partial charge >= 0.3 is 0 Å². The Bertz CT molecular complexity index is 460. The van der Waals surface area contributed by atoms with Crippen LogP contribution in [0.2, 0.25) is 5.02 Å². The van der Waals surface area contributed by atoms with Gasteiger partial charge in [-0.05, 0) is 50.6 Å². The fraction of sp³-hybridized carbons (Fsp3) is 0.625. The first-order valence-electron chi connectivity index (χ1n) is 7.60. The molecule has 0 aliphatic carbocycles. The highest BCUT2D eigenvalue weighted by atomic mass is 35.5. The number of nitrogens with zero attached hydrogens (tertiary/aromatic N) is 1. The predicted octanol–water partition coefficient (Wildman–Crippen LogP) is 3.24. The zero-order chi connectivity index (χ0) is 13.9. The van der Waals surface area contributed by atoms with Crippen LogP contribution in [0.1, 0.15) is 37.3 Å². The van der Waals surface area contributed by atoms with Crippen molar-refractivity contribution >= 4 is 11.6 Å². The second-order valence-corrected chi connectivity index (χ2v) is 6.39. The Labute approximate surface area is 126 Å². The maximum atomic E-state index is 6.40. The smallest absolute Gasteiger partial charge is 0.138 e. The normalized spacial score (nSPS) is 27.7. The molecule has 2 atom stereocenters. The van der Waals surface area contributed by atoms with E-state index in [0.29, 0.717) is 6.04 Å². The molecule has 3 nitrogen and oxygen atoms in total. The third-order valence-electron chi connectivity index (χ3n) is 4.31. The van der Waals surface area contributed by atoms with Crippen LogP contribution in [0.25, 0.3) is 0 Å². The average molecular weight is 295 g/mol. The molecule has 1 N–H and O–H groups in total. The number of piperidine rings is 1. The summed E-state index contributed by atoms with van der Waals surface area (Å²) in [5, 5.41) is 4.30. The lowest BCUT2D eigenvalue weighted by Gasteiger charge is -2.24. The first-order valence-corrected chi connectivity index (χ1v) is 7.98. The van der Waals surface area contributed by atoms with E-state index in [1.165, 1.54) is 24.8 Å². The summed E-state index contributed by atoms with van der Waals surface area (Å²) in [4.78, 5) is 2.29. The number of nitrogens with one attached hydrogen (secondary N) is 1. The molecule has 0 bridgehead atoms. The van der Waals surface area contributed by atoms with Crippen molar-refractivity contribution in [3.63, 3.8) is 0 Å². The molecule has 4 heteroatoms. The summed E-state index contributed by atoms with van der Waals surface area (Å²) in [5.74, 6) is 0.825. The van der Waals surface area contributed by atoms with E-state index in [1.54, 1.807) is 0 Å². The molecule has 3 rings (SSSR count). The van der Waals surface area contributed by atoms with Crippen LogP contribution in [0, 0.1) is 0 Å². The molecule has 0 aromatic heterocycles. The van der Waals surface area contributed by atoms with Crippen LogP contribution < -0.4 is 10.1 Å². The van der Waals surface area contributed by atoms with Gasteiger partial charge in [0.1, 0.15) is 11.9 Å². The fourth-order valence-electron chi connectivity index (χ4n) is 3.14. The fourth-order valence-corrected chi connectivity index (χ4v) is 3.37. The van der Waals surface area contributed by atoms with Gasteiger partial charge in [-0.3, -0.25) is 0 Å². The maximum Gasteiger partial charge on any atom is 0.138 e. The lowest BCUT2D eigenvalue weighted by atomic mass is 9.97. The summed E-state index contributed by atoms with van der Waals surface area (Å²) in [6, 6.07) is 6.71. The van der Waals surface area contributed by atoms with E-state index in [9.17, 15) is 0 Å². The third kappa shape index (κ3) is 3.27. The molecule has 1 aromatic rings. The van der Waals surface area contributed by atoms with Gasteiger partial charge in [0, 0.05) is 19.1 Å². The second kappa shape index (κ2) is 6.33. The van der Waals surface area contributed by atoms with Gasteiger partial charge in [0.05, 0.1) is 5.02 Å². The SMILES string of the molecule is CN1CCC(Oc2ccc(C3CCCCN3)cc2Cl)C1. The molecule has 0 spiro atoms.